The molecular weight excluding hydrogens is 166 g/mol. The first-order chi connectivity index (χ1) is 6.27. The molecule has 0 aliphatic heterocycles. The van der Waals surface area contributed by atoms with Crippen LogP contribution in [0.15, 0.2) is 45.9 Å². The lowest BCUT2D eigenvalue weighted by molar-refractivity contribution is 0.504. The Morgan fingerprint density at radius 3 is 2.46 bits per heavy atom. The molecule has 0 spiro atoms. The molecule has 1 aromatic carbocycles. The van der Waals surface area contributed by atoms with Gasteiger partial charge in [-0.25, -0.2) is 9.36 Å². The Labute approximate surface area is 75.2 Å². The van der Waals surface area contributed by atoms with Crippen LogP contribution in [-0.2, 0) is 0 Å². The topological polar surface area (TPSA) is 35.1 Å². The molecule has 2 aromatic rings. The fourth-order valence-electron chi connectivity index (χ4n) is 1.16. The highest BCUT2D eigenvalue weighted by molar-refractivity contribution is 5.33. The maximum absolute atomic E-state index is 11.1. The van der Waals surface area contributed by atoms with Gasteiger partial charge >= 0.3 is 5.76 Å². The van der Waals surface area contributed by atoms with Crippen molar-refractivity contribution in [1.29, 1.82) is 0 Å². The molecule has 1 aromatic heterocycles. The predicted octanol–water partition coefficient (Wildman–Crippen LogP) is 1.74. The SMILES string of the molecule is Cc1ccc(-n2ccoc2=O)cc1. The summed E-state index contributed by atoms with van der Waals surface area (Å²) in [5.41, 5.74) is 1.99. The maximum Gasteiger partial charge on any atom is 0.423 e. The lowest BCUT2D eigenvalue weighted by atomic mass is 10.2. The second-order valence-corrected chi connectivity index (χ2v) is 2.87. The molecule has 0 aliphatic rings. The van der Waals surface area contributed by atoms with E-state index in [1.165, 1.54) is 16.4 Å². The first-order valence-corrected chi connectivity index (χ1v) is 4.00. The third-order valence-corrected chi connectivity index (χ3v) is 1.89. The van der Waals surface area contributed by atoms with Crippen molar-refractivity contribution in [3.63, 3.8) is 0 Å². The number of benzene rings is 1. The van der Waals surface area contributed by atoms with Crippen molar-refractivity contribution < 1.29 is 4.42 Å². The van der Waals surface area contributed by atoms with E-state index in [-0.39, 0.29) is 5.76 Å². The normalized spacial score (nSPS) is 10.2. The van der Waals surface area contributed by atoms with Crippen LogP contribution in [0.25, 0.3) is 5.69 Å². The van der Waals surface area contributed by atoms with Gasteiger partial charge in [0.1, 0.15) is 6.26 Å². The number of rotatable bonds is 1. The van der Waals surface area contributed by atoms with Gasteiger partial charge in [-0.2, -0.15) is 0 Å². The van der Waals surface area contributed by atoms with E-state index >= 15 is 0 Å². The fraction of sp³-hybridized carbons (Fsp3) is 0.100. The van der Waals surface area contributed by atoms with Crippen molar-refractivity contribution in [3.8, 4) is 5.69 Å². The van der Waals surface area contributed by atoms with Gasteiger partial charge < -0.3 is 4.42 Å². The Balaban J connectivity index is 2.54. The molecule has 0 atom stereocenters. The van der Waals surface area contributed by atoms with Crippen molar-refractivity contribution in [2.24, 2.45) is 0 Å². The van der Waals surface area contributed by atoms with Crippen LogP contribution in [0, 0.1) is 6.92 Å². The Bertz CT molecular complexity index is 450. The minimum absolute atomic E-state index is 0.358. The summed E-state index contributed by atoms with van der Waals surface area (Å²) in [6, 6.07) is 7.67. The molecule has 3 heteroatoms. The average Bonchev–Trinajstić information content (AvgIpc) is 2.53. The molecule has 1 heterocycles. The molecule has 66 valence electrons. The molecule has 3 nitrogen and oxygen atoms in total. The van der Waals surface area contributed by atoms with Gasteiger partial charge in [0.05, 0.1) is 11.9 Å². The third kappa shape index (κ3) is 1.40. The van der Waals surface area contributed by atoms with E-state index in [4.69, 9.17) is 0 Å². The van der Waals surface area contributed by atoms with Gasteiger partial charge in [0.2, 0.25) is 0 Å². The summed E-state index contributed by atoms with van der Waals surface area (Å²) < 4.78 is 6.11. The molecule has 0 saturated carbocycles. The summed E-state index contributed by atoms with van der Waals surface area (Å²) in [4.78, 5) is 11.1. The Morgan fingerprint density at radius 1 is 1.23 bits per heavy atom. The van der Waals surface area contributed by atoms with E-state index in [0.717, 1.165) is 5.69 Å². The molecule has 0 fully saturated rings. The third-order valence-electron chi connectivity index (χ3n) is 1.89. The number of oxazole rings is 1. The Morgan fingerprint density at radius 2 is 1.92 bits per heavy atom. The highest BCUT2D eigenvalue weighted by Gasteiger charge is 1.99. The van der Waals surface area contributed by atoms with E-state index in [1.807, 2.05) is 31.2 Å². The lowest BCUT2D eigenvalue weighted by Crippen LogP contribution is -2.10. The monoisotopic (exact) mass is 175 g/mol. The predicted molar refractivity (Wildman–Crippen MR) is 49.0 cm³/mol. The molecule has 0 bridgehead atoms. The summed E-state index contributed by atoms with van der Waals surface area (Å²) in [6.07, 6.45) is 2.98. The van der Waals surface area contributed by atoms with Crippen molar-refractivity contribution in [2.75, 3.05) is 0 Å². The van der Waals surface area contributed by atoms with Gasteiger partial charge in [-0.15, -0.1) is 0 Å². The van der Waals surface area contributed by atoms with Crippen LogP contribution >= 0.6 is 0 Å². The van der Waals surface area contributed by atoms with Crippen LogP contribution in [0.1, 0.15) is 5.56 Å². The number of hydrogen-bond donors (Lipinski definition) is 0. The van der Waals surface area contributed by atoms with Crippen LogP contribution in [0.2, 0.25) is 0 Å². The first kappa shape index (κ1) is 7.86. The van der Waals surface area contributed by atoms with E-state index in [0.29, 0.717) is 0 Å². The molecule has 0 saturated heterocycles. The van der Waals surface area contributed by atoms with Crippen LogP contribution in [0.5, 0.6) is 0 Å². The van der Waals surface area contributed by atoms with Crippen molar-refractivity contribution >= 4 is 0 Å². The van der Waals surface area contributed by atoms with E-state index in [1.54, 1.807) is 6.20 Å². The largest absolute Gasteiger partial charge is 0.423 e. The van der Waals surface area contributed by atoms with Crippen LogP contribution < -0.4 is 5.76 Å². The summed E-state index contributed by atoms with van der Waals surface area (Å²) in [7, 11) is 0. The van der Waals surface area contributed by atoms with Gasteiger partial charge in [0.25, 0.3) is 0 Å². The van der Waals surface area contributed by atoms with Crippen LogP contribution in [-0.4, -0.2) is 4.57 Å². The van der Waals surface area contributed by atoms with E-state index in [9.17, 15) is 4.79 Å². The van der Waals surface area contributed by atoms with Gasteiger partial charge in [0, 0.05) is 0 Å². The molecule has 0 amide bonds. The maximum atomic E-state index is 11.1. The van der Waals surface area contributed by atoms with Gasteiger partial charge in [-0.05, 0) is 19.1 Å². The molecular formula is C10H9NO2. The summed E-state index contributed by atoms with van der Waals surface area (Å²) in [5.74, 6) is -0.358. The van der Waals surface area contributed by atoms with E-state index in [2.05, 4.69) is 4.42 Å². The molecule has 0 unspecified atom stereocenters. The van der Waals surface area contributed by atoms with Crippen molar-refractivity contribution in [3.05, 3.63) is 52.8 Å². The highest BCUT2D eigenvalue weighted by atomic mass is 16.4. The van der Waals surface area contributed by atoms with Crippen molar-refractivity contribution in [1.82, 2.24) is 4.57 Å². The zero-order valence-corrected chi connectivity index (χ0v) is 7.23. The molecule has 13 heavy (non-hydrogen) atoms. The first-order valence-electron chi connectivity index (χ1n) is 4.00. The molecule has 0 N–H and O–H groups in total. The number of hydrogen-bond acceptors (Lipinski definition) is 2. The quantitative estimate of drug-likeness (QED) is 0.661. The zero-order chi connectivity index (χ0) is 9.26. The second kappa shape index (κ2) is 2.94. The Hall–Kier alpha value is -1.77. The average molecular weight is 175 g/mol. The van der Waals surface area contributed by atoms with Gasteiger partial charge in [-0.3, -0.25) is 0 Å². The van der Waals surface area contributed by atoms with E-state index < -0.39 is 0 Å². The zero-order valence-electron chi connectivity index (χ0n) is 7.23. The standard InChI is InChI=1S/C10H9NO2/c1-8-2-4-9(5-3-8)11-6-7-13-10(11)12/h2-7H,1H3. The smallest absolute Gasteiger partial charge is 0.416 e. The minimum Gasteiger partial charge on any atom is -0.416 e. The second-order valence-electron chi connectivity index (χ2n) is 2.87. The molecule has 0 radical (unpaired) electrons. The van der Waals surface area contributed by atoms with Crippen LogP contribution in [0.4, 0.5) is 0 Å². The van der Waals surface area contributed by atoms with Crippen LogP contribution in [0.3, 0.4) is 0 Å². The molecule has 0 aliphatic carbocycles. The number of aromatic nitrogens is 1. The fourth-order valence-corrected chi connectivity index (χ4v) is 1.16. The lowest BCUT2D eigenvalue weighted by Gasteiger charge is -1.99. The summed E-state index contributed by atoms with van der Waals surface area (Å²) in [5, 5.41) is 0. The summed E-state index contributed by atoms with van der Waals surface area (Å²) in [6.45, 7) is 2.00. The number of nitrogens with zero attached hydrogens (tertiary/aromatic N) is 1. The van der Waals surface area contributed by atoms with Gasteiger partial charge in [-0.1, -0.05) is 17.7 Å². The van der Waals surface area contributed by atoms with Crippen molar-refractivity contribution in [2.45, 2.75) is 6.92 Å². The molecule has 2 rings (SSSR count). The number of aryl methyl sites for hydroxylation is 1. The Kier molecular flexibility index (Phi) is 1.77. The van der Waals surface area contributed by atoms with Gasteiger partial charge in [0.15, 0.2) is 0 Å². The highest BCUT2D eigenvalue weighted by Crippen LogP contribution is 2.06. The summed E-state index contributed by atoms with van der Waals surface area (Å²) >= 11 is 0. The minimum atomic E-state index is -0.358.